The van der Waals surface area contributed by atoms with E-state index in [1.165, 1.54) is 24.4 Å². The molecule has 1 fully saturated rings. The van der Waals surface area contributed by atoms with Crippen LogP contribution in [-0.4, -0.2) is 52.4 Å². The van der Waals surface area contributed by atoms with Crippen LogP contribution in [0, 0.1) is 5.92 Å². The number of ether oxygens (including phenoxy) is 1. The Morgan fingerprint density at radius 1 is 1.14 bits per heavy atom. The molecule has 1 aliphatic rings. The molecule has 0 spiro atoms. The molecule has 4 heterocycles. The number of nitrogens with one attached hydrogen (secondary N) is 1. The summed E-state index contributed by atoms with van der Waals surface area (Å²) in [6, 6.07) is 7.35. The summed E-state index contributed by atoms with van der Waals surface area (Å²) in [5, 5.41) is -0.346. The van der Waals surface area contributed by atoms with Crippen LogP contribution in [0.4, 0.5) is 11.6 Å². The minimum Gasteiger partial charge on any atom is -0.474 e. The molecule has 3 N–H and O–H groups in total. The third-order valence-electron chi connectivity index (χ3n) is 5.94. The first kappa shape index (κ1) is 26.3. The van der Waals surface area contributed by atoms with Crippen molar-refractivity contribution in [3.8, 4) is 17.3 Å². The van der Waals surface area contributed by atoms with Crippen molar-refractivity contribution in [2.24, 2.45) is 5.92 Å². The molecule has 0 saturated carbocycles. The fraction of sp³-hybridized carbons (Fsp3) is 0.400. The lowest BCUT2D eigenvalue weighted by atomic mass is 9.97. The second-order valence-corrected chi connectivity index (χ2v) is 11.7. The van der Waals surface area contributed by atoms with Crippen molar-refractivity contribution in [3.63, 3.8) is 0 Å². The summed E-state index contributed by atoms with van der Waals surface area (Å²) in [5.41, 5.74) is 6.42. The number of nitrogens with zero attached hydrogens (tertiary/aromatic N) is 5. The second-order valence-electron chi connectivity index (χ2n) is 10.0. The molecule has 0 aromatic carbocycles. The second kappa shape index (κ2) is 9.92. The van der Waals surface area contributed by atoms with E-state index >= 15 is 0 Å². The number of nitrogens with two attached hydrogens (primary N) is 1. The van der Waals surface area contributed by atoms with Gasteiger partial charge in [0.1, 0.15) is 17.3 Å². The summed E-state index contributed by atoms with van der Waals surface area (Å²) in [6.07, 6.45) is 3.91. The third-order valence-corrected chi connectivity index (χ3v) is 7.18. The van der Waals surface area contributed by atoms with Gasteiger partial charge in [-0.15, -0.1) is 0 Å². The zero-order valence-electron chi connectivity index (χ0n) is 21.5. The third kappa shape index (κ3) is 5.79. The number of carbonyl (C=O) groups is 1. The molecule has 3 aromatic heterocycles. The van der Waals surface area contributed by atoms with Crippen LogP contribution in [0.25, 0.3) is 11.4 Å². The van der Waals surface area contributed by atoms with E-state index in [0.29, 0.717) is 35.5 Å². The lowest BCUT2D eigenvalue weighted by Gasteiger charge is -2.34. The molecule has 1 aliphatic heterocycles. The van der Waals surface area contributed by atoms with E-state index in [0.717, 1.165) is 6.42 Å². The number of nitrogen functional groups attached to an aromatic ring is 1. The maximum atomic E-state index is 13.3. The molecule has 11 nitrogen and oxygen atoms in total. The highest BCUT2D eigenvalue weighted by molar-refractivity contribution is 7.90. The molecule has 1 unspecified atom stereocenters. The molecule has 196 valence electrons. The van der Waals surface area contributed by atoms with Gasteiger partial charge in [-0.05, 0) is 64.3 Å². The molecule has 1 atom stereocenters. The van der Waals surface area contributed by atoms with Gasteiger partial charge in [-0.3, -0.25) is 4.79 Å². The number of hydrogen-bond donors (Lipinski definition) is 2. The summed E-state index contributed by atoms with van der Waals surface area (Å²) in [7, 11) is -4.26. The van der Waals surface area contributed by atoms with E-state index < -0.39 is 15.9 Å². The summed E-state index contributed by atoms with van der Waals surface area (Å²) in [4.78, 5) is 32.7. The first-order valence-corrected chi connectivity index (χ1v) is 13.4. The first-order chi connectivity index (χ1) is 17.4. The maximum absolute atomic E-state index is 13.3. The van der Waals surface area contributed by atoms with E-state index in [2.05, 4.69) is 40.4 Å². The molecular weight excluding hydrogens is 494 g/mol. The number of anilines is 2. The van der Waals surface area contributed by atoms with Gasteiger partial charge in [0, 0.05) is 12.1 Å². The first-order valence-electron chi connectivity index (χ1n) is 11.9. The molecule has 12 heteroatoms. The average molecular weight is 526 g/mol. The zero-order valence-corrected chi connectivity index (χ0v) is 22.3. The minimum atomic E-state index is -4.26. The Balaban J connectivity index is 1.73. The van der Waals surface area contributed by atoms with Crippen LogP contribution in [0.1, 0.15) is 51.4 Å². The quantitative estimate of drug-likeness (QED) is 0.470. The topological polar surface area (TPSA) is 153 Å². The van der Waals surface area contributed by atoms with E-state index in [9.17, 15) is 13.2 Å². The van der Waals surface area contributed by atoms with Crippen LogP contribution in [0.15, 0.2) is 47.8 Å². The molecule has 37 heavy (non-hydrogen) atoms. The van der Waals surface area contributed by atoms with Crippen molar-refractivity contribution >= 4 is 27.6 Å². The summed E-state index contributed by atoms with van der Waals surface area (Å²) < 4.78 is 33.4. The van der Waals surface area contributed by atoms with Gasteiger partial charge in [0.15, 0.2) is 5.03 Å². The van der Waals surface area contributed by atoms with Crippen LogP contribution in [0.3, 0.4) is 0 Å². The Morgan fingerprint density at radius 2 is 1.89 bits per heavy atom. The Hall–Kier alpha value is -3.80. The molecule has 0 bridgehead atoms. The van der Waals surface area contributed by atoms with Gasteiger partial charge in [-0.25, -0.2) is 24.7 Å². The van der Waals surface area contributed by atoms with Crippen LogP contribution in [0.5, 0.6) is 5.88 Å². The van der Waals surface area contributed by atoms with Crippen molar-refractivity contribution in [1.82, 2.24) is 24.7 Å². The number of rotatable bonds is 7. The lowest BCUT2D eigenvalue weighted by Crippen LogP contribution is -2.41. The lowest BCUT2D eigenvalue weighted by molar-refractivity contribution is 0.0981. The smallest absolute Gasteiger partial charge is 0.281 e. The van der Waals surface area contributed by atoms with Crippen molar-refractivity contribution in [2.75, 3.05) is 17.2 Å². The van der Waals surface area contributed by atoms with Gasteiger partial charge in [0.05, 0.1) is 29.8 Å². The van der Waals surface area contributed by atoms with Gasteiger partial charge in [-0.2, -0.15) is 8.42 Å². The molecule has 0 radical (unpaired) electrons. The molecule has 1 amide bonds. The molecule has 3 aromatic rings. The van der Waals surface area contributed by atoms with Crippen molar-refractivity contribution in [1.29, 1.82) is 0 Å². The molecule has 1 saturated heterocycles. The van der Waals surface area contributed by atoms with Gasteiger partial charge in [0.2, 0.25) is 5.88 Å². The predicted octanol–water partition coefficient (Wildman–Crippen LogP) is 3.05. The van der Waals surface area contributed by atoms with E-state index in [-0.39, 0.29) is 28.1 Å². The number of pyridine rings is 2. The van der Waals surface area contributed by atoms with Crippen LogP contribution < -0.4 is 20.1 Å². The van der Waals surface area contributed by atoms with Crippen molar-refractivity contribution < 1.29 is 17.9 Å². The summed E-state index contributed by atoms with van der Waals surface area (Å²) in [5.74, 6) is 0.319. The van der Waals surface area contributed by atoms with Gasteiger partial charge in [0.25, 0.3) is 15.9 Å². The van der Waals surface area contributed by atoms with E-state index in [4.69, 9.17) is 15.5 Å². The highest BCUT2D eigenvalue weighted by Gasteiger charge is 2.39. The summed E-state index contributed by atoms with van der Waals surface area (Å²) in [6.45, 7) is 10.7. The van der Waals surface area contributed by atoms with Crippen LogP contribution in [0.2, 0.25) is 0 Å². The van der Waals surface area contributed by atoms with Gasteiger partial charge in [-0.1, -0.05) is 13.0 Å². The number of sulfonamides is 1. The predicted molar refractivity (Wildman–Crippen MR) is 140 cm³/mol. The van der Waals surface area contributed by atoms with Crippen LogP contribution in [-0.2, 0) is 10.0 Å². The Bertz CT molecular complexity index is 1410. The van der Waals surface area contributed by atoms with Crippen molar-refractivity contribution in [3.05, 3.63) is 48.3 Å². The number of amides is 1. The zero-order chi connectivity index (χ0) is 27.0. The monoisotopic (exact) mass is 525 g/mol. The fourth-order valence-corrected chi connectivity index (χ4v) is 5.44. The Kier molecular flexibility index (Phi) is 7.05. The highest BCUT2D eigenvalue weighted by atomic mass is 32.2. The fourth-order valence-electron chi connectivity index (χ4n) is 4.49. The average Bonchev–Trinajstić information content (AvgIpc) is 3.10. The van der Waals surface area contributed by atoms with E-state index in [1.807, 2.05) is 18.7 Å². The highest BCUT2D eigenvalue weighted by Crippen LogP contribution is 2.38. The van der Waals surface area contributed by atoms with Crippen molar-refractivity contribution in [2.45, 2.75) is 57.7 Å². The molecule has 0 aliphatic carbocycles. The maximum Gasteiger partial charge on any atom is 0.281 e. The van der Waals surface area contributed by atoms with E-state index in [1.54, 1.807) is 18.3 Å². The largest absolute Gasteiger partial charge is 0.474 e. The van der Waals surface area contributed by atoms with Crippen LogP contribution >= 0.6 is 0 Å². The molecule has 4 rings (SSSR count). The Morgan fingerprint density at radius 3 is 2.49 bits per heavy atom. The number of aromatic nitrogens is 4. The Labute approximate surface area is 216 Å². The summed E-state index contributed by atoms with van der Waals surface area (Å²) >= 11 is 0. The molecular formula is C25H31N7O4S. The van der Waals surface area contributed by atoms with Gasteiger partial charge < -0.3 is 15.4 Å². The SMILES string of the molecule is CC1CN(c2nc(-c3cnc(OC(C)C)cn3)ccc2C(=O)NS(=O)(=O)c2cccc(N)n2)C(C)(C)C1. The standard InChI is InChI=1S/C25H31N7O4S/c1-15(2)36-21-13-27-19(12-28-21)18-10-9-17(23(29-18)32-14-16(3)11-25(32,4)5)24(33)31-37(34,35)22-8-6-7-20(26)30-22/h6-10,12-13,15-16H,11,14H2,1-5H3,(H2,26,30)(H,31,33). The normalized spacial score (nSPS) is 17.1. The minimum absolute atomic E-state index is 0.0285. The number of hydrogen-bond acceptors (Lipinski definition) is 10. The van der Waals surface area contributed by atoms with Gasteiger partial charge >= 0.3 is 0 Å². The number of carbonyl (C=O) groups excluding carboxylic acids is 1.